The Morgan fingerprint density at radius 1 is 1.41 bits per heavy atom. The third-order valence-corrected chi connectivity index (χ3v) is 3.13. The average molecular weight is 272 g/mol. The minimum absolute atomic E-state index is 0.395. The third-order valence-electron chi connectivity index (χ3n) is 2.68. The summed E-state index contributed by atoms with van der Waals surface area (Å²) in [5.74, 6) is 1.89. The van der Waals surface area contributed by atoms with E-state index in [4.69, 9.17) is 23.2 Å². The van der Waals surface area contributed by atoms with Crippen molar-refractivity contribution in [1.29, 1.82) is 0 Å². The van der Waals surface area contributed by atoms with E-state index in [2.05, 4.69) is 28.4 Å². The van der Waals surface area contributed by atoms with Gasteiger partial charge in [0.1, 0.15) is 11.3 Å². The molecular formula is C12H15Cl2N3. The largest absolute Gasteiger partial charge is 0.312 e. The van der Waals surface area contributed by atoms with Gasteiger partial charge in [-0.2, -0.15) is 0 Å². The Balaban J connectivity index is 2.43. The lowest BCUT2D eigenvalue weighted by Crippen LogP contribution is -2.05. The van der Waals surface area contributed by atoms with Crippen molar-refractivity contribution in [3.8, 4) is 0 Å². The van der Waals surface area contributed by atoms with Gasteiger partial charge in [0.25, 0.3) is 0 Å². The molecule has 0 saturated heterocycles. The van der Waals surface area contributed by atoms with Crippen LogP contribution in [0.4, 0.5) is 0 Å². The Bertz CT molecular complexity index is 520. The van der Waals surface area contributed by atoms with Crippen LogP contribution in [0.3, 0.4) is 0 Å². The summed E-state index contributed by atoms with van der Waals surface area (Å²) in [5, 5.41) is 0.604. The van der Waals surface area contributed by atoms with Gasteiger partial charge in [-0.05, 0) is 18.4 Å². The molecular weight excluding hydrogens is 257 g/mol. The SMILES string of the molecule is CC(C)CCn1c(CCl)nc2cc(Cl)cnc21. The molecule has 0 fully saturated rings. The van der Waals surface area contributed by atoms with E-state index < -0.39 is 0 Å². The van der Waals surface area contributed by atoms with Crippen LogP contribution in [0.5, 0.6) is 0 Å². The number of pyridine rings is 1. The quantitative estimate of drug-likeness (QED) is 0.791. The van der Waals surface area contributed by atoms with Crippen molar-refractivity contribution in [2.24, 2.45) is 5.92 Å². The molecule has 0 N–H and O–H groups in total. The van der Waals surface area contributed by atoms with Crippen molar-refractivity contribution in [2.75, 3.05) is 0 Å². The molecule has 17 heavy (non-hydrogen) atoms. The van der Waals surface area contributed by atoms with Crippen LogP contribution in [0, 0.1) is 5.92 Å². The van der Waals surface area contributed by atoms with Crippen molar-refractivity contribution in [2.45, 2.75) is 32.7 Å². The zero-order chi connectivity index (χ0) is 12.4. The fourth-order valence-electron chi connectivity index (χ4n) is 1.76. The highest BCUT2D eigenvalue weighted by atomic mass is 35.5. The number of aryl methyl sites for hydroxylation is 1. The van der Waals surface area contributed by atoms with Gasteiger partial charge in [-0.3, -0.25) is 0 Å². The molecule has 0 saturated carbocycles. The zero-order valence-corrected chi connectivity index (χ0v) is 11.5. The van der Waals surface area contributed by atoms with E-state index in [1.54, 1.807) is 6.20 Å². The number of alkyl halides is 1. The maximum atomic E-state index is 5.91. The van der Waals surface area contributed by atoms with Crippen LogP contribution in [-0.4, -0.2) is 14.5 Å². The smallest absolute Gasteiger partial charge is 0.160 e. The molecule has 0 radical (unpaired) electrons. The highest BCUT2D eigenvalue weighted by Crippen LogP contribution is 2.20. The highest BCUT2D eigenvalue weighted by molar-refractivity contribution is 6.31. The molecule has 5 heteroatoms. The summed E-state index contributed by atoms with van der Waals surface area (Å²) < 4.78 is 2.08. The van der Waals surface area contributed by atoms with Crippen molar-refractivity contribution >= 4 is 34.4 Å². The van der Waals surface area contributed by atoms with Gasteiger partial charge in [0.2, 0.25) is 0 Å². The second-order valence-electron chi connectivity index (χ2n) is 4.49. The van der Waals surface area contributed by atoms with Gasteiger partial charge < -0.3 is 4.57 Å². The number of fused-ring (bicyclic) bond motifs is 1. The summed E-state index contributed by atoms with van der Waals surface area (Å²) in [7, 11) is 0. The molecule has 3 nitrogen and oxygen atoms in total. The number of hydrogen-bond acceptors (Lipinski definition) is 2. The average Bonchev–Trinajstić information content (AvgIpc) is 2.63. The second-order valence-corrected chi connectivity index (χ2v) is 5.20. The summed E-state index contributed by atoms with van der Waals surface area (Å²) in [5.41, 5.74) is 1.68. The molecule has 2 aromatic heterocycles. The van der Waals surface area contributed by atoms with E-state index in [0.717, 1.165) is 30.0 Å². The molecule has 92 valence electrons. The normalized spacial score (nSPS) is 11.6. The maximum Gasteiger partial charge on any atom is 0.160 e. The lowest BCUT2D eigenvalue weighted by molar-refractivity contribution is 0.514. The number of nitrogens with zero attached hydrogens (tertiary/aromatic N) is 3. The summed E-state index contributed by atoms with van der Waals surface area (Å²) in [6.07, 6.45) is 2.73. The van der Waals surface area contributed by atoms with E-state index in [0.29, 0.717) is 16.8 Å². The fraction of sp³-hybridized carbons (Fsp3) is 0.500. The molecule has 2 aromatic rings. The predicted octanol–water partition coefficient (Wildman–Crippen LogP) is 3.87. The molecule has 2 heterocycles. The molecule has 0 spiro atoms. The van der Waals surface area contributed by atoms with Gasteiger partial charge >= 0.3 is 0 Å². The molecule has 0 aliphatic rings. The van der Waals surface area contributed by atoms with Gasteiger partial charge in [0.05, 0.1) is 10.9 Å². The number of imidazole rings is 1. The fourth-order valence-corrected chi connectivity index (χ4v) is 2.11. The molecule has 0 amide bonds. The van der Waals surface area contributed by atoms with E-state index in [1.807, 2.05) is 6.07 Å². The first-order valence-corrected chi connectivity index (χ1v) is 6.59. The van der Waals surface area contributed by atoms with E-state index in [1.165, 1.54) is 0 Å². The van der Waals surface area contributed by atoms with Crippen LogP contribution in [0.2, 0.25) is 5.02 Å². The lowest BCUT2D eigenvalue weighted by atomic mass is 10.1. The minimum Gasteiger partial charge on any atom is -0.312 e. The minimum atomic E-state index is 0.395. The van der Waals surface area contributed by atoms with Crippen LogP contribution in [0.25, 0.3) is 11.2 Å². The predicted molar refractivity (Wildman–Crippen MR) is 71.6 cm³/mol. The van der Waals surface area contributed by atoms with Crippen LogP contribution in [-0.2, 0) is 12.4 Å². The highest BCUT2D eigenvalue weighted by Gasteiger charge is 2.11. The summed E-state index contributed by atoms with van der Waals surface area (Å²) in [4.78, 5) is 8.79. The monoisotopic (exact) mass is 271 g/mol. The Labute approximate surface area is 111 Å². The van der Waals surface area contributed by atoms with Crippen molar-refractivity contribution in [1.82, 2.24) is 14.5 Å². The number of halogens is 2. The van der Waals surface area contributed by atoms with Crippen molar-refractivity contribution in [3.63, 3.8) is 0 Å². The van der Waals surface area contributed by atoms with Crippen LogP contribution < -0.4 is 0 Å². The van der Waals surface area contributed by atoms with Gasteiger partial charge in [-0.15, -0.1) is 11.6 Å². The van der Waals surface area contributed by atoms with Crippen molar-refractivity contribution in [3.05, 3.63) is 23.1 Å². The number of rotatable bonds is 4. The molecule has 0 bridgehead atoms. The van der Waals surface area contributed by atoms with E-state index in [-0.39, 0.29) is 0 Å². The standard InChI is InChI=1S/C12H15Cl2N3/c1-8(2)3-4-17-11(6-13)16-10-5-9(14)7-15-12(10)17/h5,7-8H,3-4,6H2,1-2H3. The first kappa shape index (κ1) is 12.7. The first-order valence-electron chi connectivity index (χ1n) is 5.68. The van der Waals surface area contributed by atoms with Gasteiger partial charge in [0, 0.05) is 12.7 Å². The second kappa shape index (κ2) is 5.23. The molecule has 0 atom stereocenters. The van der Waals surface area contributed by atoms with Crippen LogP contribution in [0.1, 0.15) is 26.1 Å². The number of hydrogen-bond donors (Lipinski definition) is 0. The number of aromatic nitrogens is 3. The Kier molecular flexibility index (Phi) is 3.89. The topological polar surface area (TPSA) is 30.7 Å². The van der Waals surface area contributed by atoms with Gasteiger partial charge in [-0.1, -0.05) is 25.4 Å². The molecule has 0 unspecified atom stereocenters. The van der Waals surface area contributed by atoms with Crippen LogP contribution >= 0.6 is 23.2 Å². The maximum absolute atomic E-state index is 5.91. The van der Waals surface area contributed by atoms with Crippen LogP contribution in [0.15, 0.2) is 12.3 Å². The Morgan fingerprint density at radius 2 is 2.18 bits per heavy atom. The van der Waals surface area contributed by atoms with Gasteiger partial charge in [-0.25, -0.2) is 9.97 Å². The molecule has 0 aromatic carbocycles. The third kappa shape index (κ3) is 2.72. The summed E-state index contributed by atoms with van der Waals surface area (Å²) >= 11 is 11.8. The molecule has 2 rings (SSSR count). The van der Waals surface area contributed by atoms with E-state index >= 15 is 0 Å². The molecule has 0 aliphatic carbocycles. The summed E-state index contributed by atoms with van der Waals surface area (Å²) in [6, 6.07) is 1.83. The van der Waals surface area contributed by atoms with Gasteiger partial charge in [0.15, 0.2) is 5.65 Å². The Hall–Kier alpha value is -0.800. The first-order chi connectivity index (χ1) is 8.11. The zero-order valence-electron chi connectivity index (χ0n) is 9.95. The Morgan fingerprint density at radius 3 is 2.82 bits per heavy atom. The van der Waals surface area contributed by atoms with E-state index in [9.17, 15) is 0 Å². The molecule has 0 aliphatic heterocycles. The lowest BCUT2D eigenvalue weighted by Gasteiger charge is -2.08. The summed E-state index contributed by atoms with van der Waals surface area (Å²) in [6.45, 7) is 5.29. The van der Waals surface area contributed by atoms with Crippen molar-refractivity contribution < 1.29 is 0 Å².